The van der Waals surface area contributed by atoms with Crippen molar-refractivity contribution in [1.82, 2.24) is 5.32 Å². The third kappa shape index (κ3) is 4.38. The molecular weight excluding hydrogens is 246 g/mol. The van der Waals surface area contributed by atoms with Crippen LogP contribution in [0.4, 0.5) is 0 Å². The van der Waals surface area contributed by atoms with Crippen LogP contribution < -0.4 is 11.1 Å². The second-order valence-corrected chi connectivity index (χ2v) is 5.43. The minimum atomic E-state index is -0.648. The van der Waals surface area contributed by atoms with Gasteiger partial charge in [0.2, 0.25) is 0 Å². The first-order valence-corrected chi connectivity index (χ1v) is 6.18. The van der Waals surface area contributed by atoms with Gasteiger partial charge in [0.05, 0.1) is 10.9 Å². The first kappa shape index (κ1) is 13.3. The summed E-state index contributed by atoms with van der Waals surface area (Å²) in [6.45, 7) is 4.18. The van der Waals surface area contributed by atoms with Crippen molar-refractivity contribution in [2.45, 2.75) is 26.0 Å². The van der Waals surface area contributed by atoms with Gasteiger partial charge in [-0.2, -0.15) is 0 Å². The van der Waals surface area contributed by atoms with Crippen LogP contribution in [0.25, 0.3) is 0 Å². The number of rotatable bonds is 4. The van der Waals surface area contributed by atoms with E-state index in [1.165, 1.54) is 11.3 Å². The number of hydrogen-bond acceptors (Lipinski definition) is 3. The summed E-state index contributed by atoms with van der Waals surface area (Å²) < 4.78 is 0.659. The fourth-order valence-corrected chi connectivity index (χ4v) is 2.16. The smallest absolute Gasteiger partial charge is 0.188 e. The van der Waals surface area contributed by atoms with Crippen LogP contribution in [0, 0.1) is 0 Å². The van der Waals surface area contributed by atoms with Gasteiger partial charge in [-0.15, -0.1) is 11.3 Å². The molecule has 0 amide bonds. The number of nitrogens with two attached hydrogens (primary N) is 1. The average molecular weight is 262 g/mol. The number of hydrogen-bond donors (Lipinski definition) is 3. The lowest BCUT2D eigenvalue weighted by molar-refractivity contribution is 0.191. The Bertz CT molecular complexity index is 365. The van der Waals surface area contributed by atoms with Crippen molar-refractivity contribution in [3.63, 3.8) is 0 Å². The van der Waals surface area contributed by atoms with Gasteiger partial charge in [0.25, 0.3) is 0 Å². The van der Waals surface area contributed by atoms with Gasteiger partial charge in [-0.3, -0.25) is 4.99 Å². The van der Waals surface area contributed by atoms with E-state index in [1.807, 2.05) is 13.8 Å². The Kier molecular flexibility index (Phi) is 5.05. The van der Waals surface area contributed by atoms with E-state index >= 15 is 0 Å². The molecule has 6 heteroatoms. The molecule has 0 saturated heterocycles. The molecule has 0 radical (unpaired) electrons. The number of nitrogens with zero attached hydrogens (tertiary/aromatic N) is 1. The Hall–Kier alpha value is -0.780. The van der Waals surface area contributed by atoms with E-state index in [-0.39, 0.29) is 12.6 Å². The lowest BCUT2D eigenvalue weighted by Crippen LogP contribution is -2.37. The van der Waals surface area contributed by atoms with Crippen molar-refractivity contribution in [2.24, 2.45) is 10.7 Å². The second-order valence-electron chi connectivity index (χ2n) is 3.68. The Morgan fingerprint density at radius 1 is 1.62 bits per heavy atom. The maximum absolute atomic E-state index is 9.78. The second kappa shape index (κ2) is 6.08. The zero-order valence-electron chi connectivity index (χ0n) is 9.27. The number of aliphatic imine (C=N–C) groups is 1. The highest BCUT2D eigenvalue weighted by Gasteiger charge is 2.09. The lowest BCUT2D eigenvalue weighted by atomic mass is 10.3. The van der Waals surface area contributed by atoms with Crippen LogP contribution in [0.1, 0.15) is 24.8 Å². The van der Waals surface area contributed by atoms with Gasteiger partial charge in [-0.05, 0) is 26.0 Å². The molecule has 4 N–H and O–H groups in total. The summed E-state index contributed by atoms with van der Waals surface area (Å²) in [5.41, 5.74) is 5.61. The van der Waals surface area contributed by atoms with Crippen molar-refractivity contribution < 1.29 is 5.11 Å². The standard InChI is InChI=1S/C10H16ClN3OS/c1-6(2)14-10(12)13-5-7(15)8-3-4-9(11)16-8/h3-4,6-7,15H,5H2,1-2H3,(H3,12,13,14). The van der Waals surface area contributed by atoms with E-state index in [0.717, 1.165) is 4.88 Å². The molecule has 16 heavy (non-hydrogen) atoms. The summed E-state index contributed by atoms with van der Waals surface area (Å²) in [7, 11) is 0. The Morgan fingerprint density at radius 2 is 2.31 bits per heavy atom. The zero-order chi connectivity index (χ0) is 12.1. The molecule has 1 unspecified atom stereocenters. The molecule has 0 aliphatic carbocycles. The summed E-state index contributed by atoms with van der Waals surface area (Å²) in [6, 6.07) is 3.78. The van der Waals surface area contributed by atoms with Crippen LogP contribution in [0.5, 0.6) is 0 Å². The van der Waals surface area contributed by atoms with Crippen molar-refractivity contribution in [3.05, 3.63) is 21.3 Å². The molecule has 0 bridgehead atoms. The number of aliphatic hydroxyl groups is 1. The third-order valence-electron chi connectivity index (χ3n) is 1.79. The summed E-state index contributed by atoms with van der Waals surface area (Å²) in [4.78, 5) is 4.84. The molecule has 0 spiro atoms. The van der Waals surface area contributed by atoms with E-state index in [0.29, 0.717) is 10.3 Å². The van der Waals surface area contributed by atoms with Crippen molar-refractivity contribution >= 4 is 28.9 Å². The van der Waals surface area contributed by atoms with E-state index in [4.69, 9.17) is 17.3 Å². The quantitative estimate of drug-likeness (QED) is 0.571. The lowest BCUT2D eigenvalue weighted by Gasteiger charge is -2.10. The Balaban J connectivity index is 2.49. The number of guanidine groups is 1. The highest BCUT2D eigenvalue weighted by Crippen LogP contribution is 2.26. The van der Waals surface area contributed by atoms with E-state index in [1.54, 1.807) is 12.1 Å². The molecule has 0 aromatic carbocycles. The van der Waals surface area contributed by atoms with Gasteiger partial charge in [-0.1, -0.05) is 11.6 Å². The van der Waals surface area contributed by atoms with Crippen LogP contribution in [-0.4, -0.2) is 23.7 Å². The largest absolute Gasteiger partial charge is 0.386 e. The number of aliphatic hydroxyl groups excluding tert-OH is 1. The highest BCUT2D eigenvalue weighted by molar-refractivity contribution is 7.16. The molecule has 0 aliphatic rings. The monoisotopic (exact) mass is 261 g/mol. The maximum Gasteiger partial charge on any atom is 0.188 e. The van der Waals surface area contributed by atoms with Crippen LogP contribution in [0.15, 0.2) is 17.1 Å². The molecule has 1 aromatic heterocycles. The third-order valence-corrected chi connectivity index (χ3v) is 3.13. The first-order valence-electron chi connectivity index (χ1n) is 4.98. The van der Waals surface area contributed by atoms with Gasteiger partial charge in [0, 0.05) is 10.9 Å². The van der Waals surface area contributed by atoms with Crippen LogP contribution >= 0.6 is 22.9 Å². The van der Waals surface area contributed by atoms with Crippen molar-refractivity contribution in [1.29, 1.82) is 0 Å². The highest BCUT2D eigenvalue weighted by atomic mass is 35.5. The zero-order valence-corrected chi connectivity index (χ0v) is 10.8. The number of nitrogens with one attached hydrogen (secondary N) is 1. The summed E-state index contributed by atoms with van der Waals surface area (Å²) >= 11 is 7.12. The topological polar surface area (TPSA) is 70.6 Å². The Labute approximate surface area is 104 Å². The summed E-state index contributed by atoms with van der Waals surface area (Å²) in [6.07, 6.45) is -0.648. The molecule has 90 valence electrons. The molecule has 1 aromatic rings. The van der Waals surface area contributed by atoms with Crippen LogP contribution in [-0.2, 0) is 0 Å². The predicted molar refractivity (Wildman–Crippen MR) is 69.0 cm³/mol. The van der Waals surface area contributed by atoms with Gasteiger partial charge in [0.15, 0.2) is 5.96 Å². The molecule has 0 fully saturated rings. The summed E-state index contributed by atoms with van der Waals surface area (Å²) in [5.74, 6) is 0.344. The van der Waals surface area contributed by atoms with Crippen molar-refractivity contribution in [2.75, 3.05) is 6.54 Å². The molecule has 4 nitrogen and oxygen atoms in total. The average Bonchev–Trinajstić information content (AvgIpc) is 2.60. The SMILES string of the molecule is CC(C)NC(N)=NCC(O)c1ccc(Cl)s1. The van der Waals surface area contributed by atoms with Crippen molar-refractivity contribution in [3.8, 4) is 0 Å². The predicted octanol–water partition coefficient (Wildman–Crippen LogP) is 1.75. The summed E-state index contributed by atoms with van der Waals surface area (Å²) in [5, 5.41) is 12.7. The molecule has 1 atom stereocenters. The van der Waals surface area contributed by atoms with Gasteiger partial charge in [0.1, 0.15) is 6.10 Å². The minimum absolute atomic E-state index is 0.233. The fraction of sp³-hybridized carbons (Fsp3) is 0.500. The van der Waals surface area contributed by atoms with Gasteiger partial charge in [-0.25, -0.2) is 0 Å². The van der Waals surface area contributed by atoms with Gasteiger partial charge < -0.3 is 16.2 Å². The number of halogens is 1. The minimum Gasteiger partial charge on any atom is -0.386 e. The normalized spacial score (nSPS) is 14.2. The van der Waals surface area contributed by atoms with E-state index in [9.17, 15) is 5.11 Å². The first-order chi connectivity index (χ1) is 7.49. The molecule has 1 rings (SSSR count). The van der Waals surface area contributed by atoms with Crippen LogP contribution in [0.3, 0.4) is 0 Å². The molecule has 0 aliphatic heterocycles. The van der Waals surface area contributed by atoms with E-state index < -0.39 is 6.10 Å². The van der Waals surface area contributed by atoms with Gasteiger partial charge >= 0.3 is 0 Å². The number of thiophene rings is 1. The fourth-order valence-electron chi connectivity index (χ4n) is 1.12. The molecule has 1 heterocycles. The van der Waals surface area contributed by atoms with Crippen LogP contribution in [0.2, 0.25) is 4.34 Å². The maximum atomic E-state index is 9.78. The molecule has 0 saturated carbocycles. The van der Waals surface area contributed by atoms with E-state index in [2.05, 4.69) is 10.3 Å². The Morgan fingerprint density at radius 3 is 2.81 bits per heavy atom. The molecular formula is C10H16ClN3OS.